The van der Waals surface area contributed by atoms with E-state index in [1.54, 1.807) is 0 Å². The van der Waals surface area contributed by atoms with Crippen LogP contribution in [-0.4, -0.2) is 6.04 Å². The highest BCUT2D eigenvalue weighted by Crippen LogP contribution is 2.81. The zero-order valence-corrected chi connectivity index (χ0v) is 23.5. The molecule has 0 unspecified atom stereocenters. The van der Waals surface area contributed by atoms with E-state index >= 15 is 0 Å². The van der Waals surface area contributed by atoms with Gasteiger partial charge in [0.2, 0.25) is 0 Å². The van der Waals surface area contributed by atoms with E-state index in [4.69, 9.17) is 0 Å². The zero-order valence-electron chi connectivity index (χ0n) is 23.5. The van der Waals surface area contributed by atoms with Gasteiger partial charge in [0.15, 0.2) is 0 Å². The van der Waals surface area contributed by atoms with Gasteiger partial charge in [-0.25, -0.2) is 0 Å². The van der Waals surface area contributed by atoms with Crippen LogP contribution >= 0.6 is 0 Å². The van der Waals surface area contributed by atoms with Crippen LogP contribution in [0.2, 0.25) is 0 Å². The number of hydrogen-bond acceptors (Lipinski definition) is 1. The molecule has 0 bridgehead atoms. The summed E-state index contributed by atoms with van der Waals surface area (Å²) in [5, 5.41) is 4.21. The highest BCUT2D eigenvalue weighted by atomic mass is 15.0. The summed E-state index contributed by atoms with van der Waals surface area (Å²) in [6, 6.07) is 11.9. The minimum Gasteiger partial charge on any atom is -0.309 e. The van der Waals surface area contributed by atoms with E-state index < -0.39 is 0 Å². The lowest BCUT2D eigenvalue weighted by Gasteiger charge is -2.61. The number of fused-ring (bicyclic) bond motifs is 4. The van der Waals surface area contributed by atoms with Gasteiger partial charge >= 0.3 is 0 Å². The Labute approximate surface area is 216 Å². The Balaban J connectivity index is 1.22. The van der Waals surface area contributed by atoms with Crippen LogP contribution in [-0.2, 0) is 6.54 Å². The van der Waals surface area contributed by atoms with Crippen molar-refractivity contribution in [3.05, 3.63) is 35.9 Å². The van der Waals surface area contributed by atoms with Crippen molar-refractivity contribution in [2.45, 2.75) is 118 Å². The van der Waals surface area contributed by atoms with Crippen molar-refractivity contribution >= 4 is 0 Å². The van der Waals surface area contributed by atoms with Gasteiger partial charge in [0.25, 0.3) is 0 Å². The van der Waals surface area contributed by atoms with Crippen LogP contribution < -0.4 is 5.32 Å². The number of nitrogens with one attached hydrogen (secondary N) is 1. The van der Waals surface area contributed by atoms with Crippen LogP contribution in [0, 0.1) is 57.7 Å². The first-order valence-electron chi connectivity index (χ1n) is 15.6. The van der Waals surface area contributed by atoms with Crippen LogP contribution in [0.25, 0.3) is 0 Å². The van der Waals surface area contributed by atoms with Gasteiger partial charge in [-0.15, -0.1) is 0 Å². The molecule has 0 saturated heterocycles. The van der Waals surface area contributed by atoms with E-state index in [2.05, 4.69) is 70.3 Å². The van der Waals surface area contributed by atoms with E-state index in [9.17, 15) is 0 Å². The van der Waals surface area contributed by atoms with Gasteiger partial charge in [0.1, 0.15) is 0 Å². The molecule has 0 amide bonds. The summed E-state index contributed by atoms with van der Waals surface area (Å²) in [7, 11) is 0. The van der Waals surface area contributed by atoms with Crippen molar-refractivity contribution in [3.63, 3.8) is 0 Å². The predicted octanol–water partition coefficient (Wildman–Crippen LogP) is 8.88. The van der Waals surface area contributed by atoms with Gasteiger partial charge in [-0.3, -0.25) is 0 Å². The van der Waals surface area contributed by atoms with Gasteiger partial charge in [0, 0.05) is 12.6 Å². The summed E-state index contributed by atoms with van der Waals surface area (Å²) in [5.74, 6) is 6.70. The van der Waals surface area contributed by atoms with Crippen LogP contribution in [0.4, 0.5) is 0 Å². The lowest BCUT2D eigenvalue weighted by atomic mass is 9.44. The maximum absolute atomic E-state index is 4.21. The molecule has 1 spiro atoms. The first-order chi connectivity index (χ1) is 16.8. The van der Waals surface area contributed by atoms with E-state index in [0.717, 1.165) is 54.0 Å². The van der Waals surface area contributed by atoms with Crippen molar-refractivity contribution in [2.75, 3.05) is 0 Å². The predicted molar refractivity (Wildman–Crippen MR) is 148 cm³/mol. The average Bonchev–Trinajstić information content (AvgIpc) is 3.34. The minimum absolute atomic E-state index is 0.594. The van der Waals surface area contributed by atoms with Crippen molar-refractivity contribution in [2.24, 2.45) is 57.7 Å². The molecule has 5 aliphatic carbocycles. The van der Waals surface area contributed by atoms with Crippen molar-refractivity contribution in [3.8, 4) is 0 Å². The highest BCUT2D eigenvalue weighted by molar-refractivity contribution is 5.27. The Morgan fingerprint density at radius 1 is 0.914 bits per heavy atom. The monoisotopic (exact) mass is 475 g/mol. The van der Waals surface area contributed by atoms with E-state index in [0.29, 0.717) is 16.2 Å². The highest BCUT2D eigenvalue weighted by Gasteiger charge is 2.77. The third-order valence-corrected chi connectivity index (χ3v) is 13.2. The normalized spacial score (nSPS) is 46.6. The topological polar surface area (TPSA) is 12.0 Å². The third kappa shape index (κ3) is 3.72. The third-order valence-electron chi connectivity index (χ3n) is 13.2. The molecule has 5 aliphatic rings. The average molecular weight is 476 g/mol. The first kappa shape index (κ1) is 24.5. The summed E-state index contributed by atoms with van der Waals surface area (Å²) in [6.07, 6.45) is 16.4. The Bertz CT molecular complexity index is 891. The smallest absolute Gasteiger partial charge is 0.0208 e. The molecule has 1 aromatic rings. The molecule has 0 radical (unpaired) electrons. The second-order valence-corrected chi connectivity index (χ2v) is 15.0. The molecule has 0 heterocycles. The largest absolute Gasteiger partial charge is 0.309 e. The van der Waals surface area contributed by atoms with Crippen molar-refractivity contribution < 1.29 is 0 Å². The van der Waals surface area contributed by atoms with Gasteiger partial charge in [-0.2, -0.15) is 0 Å². The molecule has 35 heavy (non-hydrogen) atoms. The molecule has 5 fully saturated rings. The molecule has 0 aliphatic heterocycles. The SMILES string of the molecule is CC(C)CCC[C@@H](C)[C@H]1CC[C@H]2[C@@H]3C[C@@H](NCc4ccccc4)[C@]45C[C@H]4CC[C@]5(C)[C@H]3CC[C@]12C. The van der Waals surface area contributed by atoms with E-state index in [1.165, 1.54) is 76.2 Å². The Kier molecular flexibility index (Phi) is 6.22. The molecule has 10 atom stereocenters. The summed E-state index contributed by atoms with van der Waals surface area (Å²) >= 11 is 0. The van der Waals surface area contributed by atoms with Gasteiger partial charge in [-0.1, -0.05) is 84.2 Å². The fourth-order valence-corrected chi connectivity index (χ4v) is 11.5. The Morgan fingerprint density at radius 2 is 1.71 bits per heavy atom. The lowest BCUT2D eigenvalue weighted by molar-refractivity contribution is -0.117. The van der Waals surface area contributed by atoms with Crippen LogP contribution in [0.3, 0.4) is 0 Å². The first-order valence-corrected chi connectivity index (χ1v) is 15.6. The Morgan fingerprint density at radius 3 is 2.46 bits per heavy atom. The molecule has 1 heteroatoms. The molecule has 6 rings (SSSR count). The van der Waals surface area contributed by atoms with Crippen molar-refractivity contribution in [1.29, 1.82) is 0 Å². The fraction of sp³-hybridized carbons (Fsp3) is 0.824. The molecular weight excluding hydrogens is 422 g/mol. The molecule has 1 N–H and O–H groups in total. The van der Waals surface area contributed by atoms with Gasteiger partial charge in [0.05, 0.1) is 0 Å². The summed E-state index contributed by atoms with van der Waals surface area (Å²) in [4.78, 5) is 0. The second kappa shape index (κ2) is 8.89. The fourth-order valence-electron chi connectivity index (χ4n) is 11.5. The van der Waals surface area contributed by atoms with Gasteiger partial charge < -0.3 is 5.32 Å². The lowest BCUT2D eigenvalue weighted by Crippen LogP contribution is -2.59. The molecule has 194 valence electrons. The minimum atomic E-state index is 0.594. The summed E-state index contributed by atoms with van der Waals surface area (Å²) < 4.78 is 0. The van der Waals surface area contributed by atoms with Crippen LogP contribution in [0.1, 0.15) is 111 Å². The van der Waals surface area contributed by atoms with Crippen LogP contribution in [0.15, 0.2) is 30.3 Å². The molecular formula is C34H53N. The molecule has 1 aromatic carbocycles. The molecule has 5 saturated carbocycles. The number of rotatable bonds is 8. The maximum atomic E-state index is 4.21. The van der Waals surface area contributed by atoms with Gasteiger partial charge in [-0.05, 0) is 115 Å². The maximum Gasteiger partial charge on any atom is 0.0208 e. The van der Waals surface area contributed by atoms with Crippen LogP contribution in [0.5, 0.6) is 0 Å². The molecule has 1 nitrogen and oxygen atoms in total. The van der Waals surface area contributed by atoms with E-state index in [-0.39, 0.29) is 0 Å². The summed E-state index contributed by atoms with van der Waals surface area (Å²) in [5.41, 5.74) is 3.29. The molecule has 0 aromatic heterocycles. The van der Waals surface area contributed by atoms with Crippen molar-refractivity contribution in [1.82, 2.24) is 5.32 Å². The quantitative estimate of drug-likeness (QED) is 0.396. The number of hydrogen-bond donors (Lipinski definition) is 1. The standard InChI is InChI=1S/C34H53N/c1-23(2)10-9-11-24(3)28-14-15-29-27-20-31(35-22-25-12-7-6-8-13-25)34-21-26(34)16-19-33(34,5)30(27)17-18-32(28,29)4/h6-8,12-13,23-24,26-31,35H,9-11,14-22H2,1-5H3/t24-,26-,27+,28-,29+,30+,31-,32-,33-,34+/m1/s1. The second-order valence-electron chi connectivity index (χ2n) is 15.0. The number of benzene rings is 1. The Hall–Kier alpha value is -0.820. The summed E-state index contributed by atoms with van der Waals surface area (Å²) in [6.45, 7) is 14.0. The zero-order chi connectivity index (χ0) is 24.4. The van der Waals surface area contributed by atoms with E-state index in [1.807, 2.05) is 0 Å².